The predicted octanol–water partition coefficient (Wildman–Crippen LogP) is 1.58. The molecule has 6 heteroatoms. The van der Waals surface area contributed by atoms with Crippen LogP contribution >= 0.6 is 0 Å². The van der Waals surface area contributed by atoms with Crippen LogP contribution in [0.4, 0.5) is 13.2 Å². The molecule has 0 aliphatic carbocycles. The zero-order valence-electron chi connectivity index (χ0n) is 9.67. The van der Waals surface area contributed by atoms with E-state index in [1.165, 1.54) is 7.11 Å². The maximum atomic E-state index is 13.2. The van der Waals surface area contributed by atoms with E-state index in [2.05, 4.69) is 10.1 Å². The molecule has 18 heavy (non-hydrogen) atoms. The van der Waals surface area contributed by atoms with Gasteiger partial charge in [-0.25, -0.2) is 13.2 Å². The first-order chi connectivity index (χ1) is 8.54. The number of methoxy groups -OCH3 is 1. The number of halogens is 3. The highest BCUT2D eigenvalue weighted by molar-refractivity contribution is 5.74. The summed E-state index contributed by atoms with van der Waals surface area (Å²) in [5, 5.41) is 2.95. The predicted molar refractivity (Wildman–Crippen MR) is 57.4 cm³/mol. The van der Waals surface area contributed by atoms with Crippen molar-refractivity contribution in [2.75, 3.05) is 20.2 Å². The summed E-state index contributed by atoms with van der Waals surface area (Å²) < 4.78 is 43.8. The molecule has 0 saturated carbocycles. The van der Waals surface area contributed by atoms with Crippen molar-refractivity contribution in [3.05, 3.63) is 35.1 Å². The van der Waals surface area contributed by atoms with Crippen molar-refractivity contribution in [2.45, 2.75) is 5.92 Å². The van der Waals surface area contributed by atoms with Gasteiger partial charge < -0.3 is 10.1 Å². The highest BCUT2D eigenvalue weighted by Crippen LogP contribution is 2.30. The van der Waals surface area contributed by atoms with Gasteiger partial charge in [0.05, 0.1) is 13.0 Å². The summed E-state index contributed by atoms with van der Waals surface area (Å²) in [7, 11) is 1.25. The second-order valence-corrected chi connectivity index (χ2v) is 4.19. The molecule has 0 spiro atoms. The molecule has 1 heterocycles. The van der Waals surface area contributed by atoms with Crippen molar-refractivity contribution in [3.8, 4) is 0 Å². The van der Waals surface area contributed by atoms with Crippen LogP contribution in [0.3, 0.4) is 0 Å². The topological polar surface area (TPSA) is 38.3 Å². The van der Waals surface area contributed by atoms with Gasteiger partial charge in [-0.2, -0.15) is 0 Å². The number of hydrogen-bond donors (Lipinski definition) is 1. The number of rotatable bonds is 2. The summed E-state index contributed by atoms with van der Waals surface area (Å²) in [6, 6.07) is 1.85. The molecule has 3 nitrogen and oxygen atoms in total. The molecule has 0 amide bonds. The van der Waals surface area contributed by atoms with Crippen LogP contribution in [0, 0.1) is 23.4 Å². The summed E-state index contributed by atoms with van der Waals surface area (Å²) in [6.45, 7) is 0.766. The summed E-state index contributed by atoms with van der Waals surface area (Å²) >= 11 is 0. The number of ether oxygens (including phenoxy) is 1. The van der Waals surface area contributed by atoms with Crippen LogP contribution in [0.5, 0.6) is 0 Å². The number of esters is 1. The molecule has 0 aromatic heterocycles. The van der Waals surface area contributed by atoms with Crippen LogP contribution in [-0.4, -0.2) is 26.2 Å². The molecule has 1 aliphatic rings. The van der Waals surface area contributed by atoms with E-state index in [1.54, 1.807) is 0 Å². The smallest absolute Gasteiger partial charge is 0.310 e. The lowest BCUT2D eigenvalue weighted by molar-refractivity contribution is -0.145. The maximum Gasteiger partial charge on any atom is 0.310 e. The standard InChI is InChI=1S/C12H12F3NO2/c1-18-12(17)8-5-16-4-7(8)6-2-9(13)11(15)10(14)3-6/h2-3,7-8,16H,4-5H2,1H3. The van der Waals surface area contributed by atoms with E-state index in [-0.39, 0.29) is 5.56 Å². The molecular formula is C12H12F3NO2. The molecule has 1 N–H and O–H groups in total. The summed E-state index contributed by atoms with van der Waals surface area (Å²) in [5.74, 6) is -5.38. The van der Waals surface area contributed by atoms with Crippen LogP contribution in [0.1, 0.15) is 11.5 Å². The fraction of sp³-hybridized carbons (Fsp3) is 0.417. The average molecular weight is 259 g/mol. The summed E-state index contributed by atoms with van der Waals surface area (Å²) in [5.41, 5.74) is 0.256. The molecule has 1 fully saturated rings. The third-order valence-corrected chi connectivity index (χ3v) is 3.15. The number of benzene rings is 1. The van der Waals surface area contributed by atoms with E-state index in [0.29, 0.717) is 13.1 Å². The zero-order chi connectivity index (χ0) is 13.3. The average Bonchev–Trinajstić information content (AvgIpc) is 2.83. The van der Waals surface area contributed by atoms with Gasteiger partial charge in [0.15, 0.2) is 17.5 Å². The molecule has 1 aromatic rings. The number of hydrogen-bond acceptors (Lipinski definition) is 3. The van der Waals surface area contributed by atoms with E-state index >= 15 is 0 Å². The second-order valence-electron chi connectivity index (χ2n) is 4.19. The zero-order valence-corrected chi connectivity index (χ0v) is 9.67. The van der Waals surface area contributed by atoms with Crippen molar-refractivity contribution in [3.63, 3.8) is 0 Å². The van der Waals surface area contributed by atoms with Crippen LogP contribution in [-0.2, 0) is 9.53 Å². The van der Waals surface area contributed by atoms with E-state index in [4.69, 9.17) is 0 Å². The quantitative estimate of drug-likeness (QED) is 0.647. The number of carbonyl (C=O) groups excluding carboxylic acids is 1. The molecule has 1 saturated heterocycles. The normalized spacial score (nSPS) is 23.1. The Kier molecular flexibility index (Phi) is 3.56. The van der Waals surface area contributed by atoms with Crippen molar-refractivity contribution in [2.24, 2.45) is 5.92 Å². The first-order valence-electron chi connectivity index (χ1n) is 5.47. The molecule has 2 rings (SSSR count). The Morgan fingerprint density at radius 3 is 2.44 bits per heavy atom. The molecular weight excluding hydrogens is 247 g/mol. The lowest BCUT2D eigenvalue weighted by Gasteiger charge is -2.17. The Hall–Kier alpha value is -1.56. The summed E-state index contributed by atoms with van der Waals surface area (Å²) in [4.78, 5) is 11.5. The van der Waals surface area contributed by atoms with Gasteiger partial charge in [0.25, 0.3) is 0 Å². The minimum Gasteiger partial charge on any atom is -0.469 e. The lowest BCUT2D eigenvalue weighted by atomic mass is 9.89. The summed E-state index contributed by atoms with van der Waals surface area (Å²) in [6.07, 6.45) is 0. The minimum absolute atomic E-state index is 0.256. The van der Waals surface area contributed by atoms with E-state index < -0.39 is 35.3 Å². The van der Waals surface area contributed by atoms with Crippen LogP contribution < -0.4 is 5.32 Å². The molecule has 0 bridgehead atoms. The van der Waals surface area contributed by atoms with Gasteiger partial charge in [0.1, 0.15) is 0 Å². The van der Waals surface area contributed by atoms with Crippen molar-refractivity contribution in [1.29, 1.82) is 0 Å². The second kappa shape index (κ2) is 4.97. The lowest BCUT2D eigenvalue weighted by Crippen LogP contribution is -2.23. The number of carbonyl (C=O) groups is 1. The molecule has 0 radical (unpaired) electrons. The molecule has 2 atom stereocenters. The largest absolute Gasteiger partial charge is 0.469 e. The van der Waals surface area contributed by atoms with E-state index in [0.717, 1.165) is 12.1 Å². The molecule has 1 aromatic carbocycles. The Morgan fingerprint density at radius 2 is 1.89 bits per heavy atom. The van der Waals surface area contributed by atoms with Gasteiger partial charge in [-0.15, -0.1) is 0 Å². The Bertz CT molecular complexity index is 455. The van der Waals surface area contributed by atoms with Crippen LogP contribution in [0.25, 0.3) is 0 Å². The molecule has 2 unspecified atom stereocenters. The third kappa shape index (κ3) is 2.20. The Balaban J connectivity index is 2.33. The van der Waals surface area contributed by atoms with Gasteiger partial charge in [-0.05, 0) is 17.7 Å². The Labute approximate surface area is 102 Å². The van der Waals surface area contributed by atoms with E-state index in [9.17, 15) is 18.0 Å². The van der Waals surface area contributed by atoms with Gasteiger partial charge >= 0.3 is 5.97 Å². The fourth-order valence-electron chi connectivity index (χ4n) is 2.22. The van der Waals surface area contributed by atoms with Crippen LogP contribution in [0.15, 0.2) is 12.1 Å². The number of nitrogens with one attached hydrogen (secondary N) is 1. The van der Waals surface area contributed by atoms with Crippen molar-refractivity contribution >= 4 is 5.97 Å². The van der Waals surface area contributed by atoms with Crippen molar-refractivity contribution in [1.82, 2.24) is 5.32 Å². The van der Waals surface area contributed by atoms with Gasteiger partial charge in [0.2, 0.25) is 0 Å². The first-order valence-corrected chi connectivity index (χ1v) is 5.47. The maximum absolute atomic E-state index is 13.2. The minimum atomic E-state index is -1.50. The monoisotopic (exact) mass is 259 g/mol. The highest BCUT2D eigenvalue weighted by atomic mass is 19.2. The third-order valence-electron chi connectivity index (χ3n) is 3.15. The SMILES string of the molecule is COC(=O)C1CNCC1c1cc(F)c(F)c(F)c1. The van der Waals surface area contributed by atoms with Gasteiger partial charge in [0, 0.05) is 19.0 Å². The van der Waals surface area contributed by atoms with Gasteiger partial charge in [-0.3, -0.25) is 4.79 Å². The van der Waals surface area contributed by atoms with E-state index in [1.807, 2.05) is 0 Å². The molecule has 98 valence electrons. The highest BCUT2D eigenvalue weighted by Gasteiger charge is 2.35. The molecule has 1 aliphatic heterocycles. The Morgan fingerprint density at radius 1 is 1.28 bits per heavy atom. The fourth-order valence-corrected chi connectivity index (χ4v) is 2.22. The first kappa shape index (κ1) is 12.9. The van der Waals surface area contributed by atoms with Crippen molar-refractivity contribution < 1.29 is 22.7 Å². The van der Waals surface area contributed by atoms with Gasteiger partial charge in [-0.1, -0.05) is 0 Å². The van der Waals surface area contributed by atoms with Crippen LogP contribution in [0.2, 0.25) is 0 Å².